The van der Waals surface area contributed by atoms with E-state index in [1.165, 1.54) is 23.9 Å². The summed E-state index contributed by atoms with van der Waals surface area (Å²) in [7, 11) is 1.61. The van der Waals surface area contributed by atoms with Crippen LogP contribution in [0.4, 0.5) is 0 Å². The second kappa shape index (κ2) is 8.39. The van der Waals surface area contributed by atoms with Gasteiger partial charge in [0.25, 0.3) is 5.22 Å². The molecule has 134 valence electrons. The third-order valence-electron chi connectivity index (χ3n) is 3.42. The fourth-order valence-corrected chi connectivity index (χ4v) is 2.68. The van der Waals surface area contributed by atoms with Crippen molar-refractivity contribution in [3.63, 3.8) is 0 Å². The lowest BCUT2D eigenvalue weighted by Gasteiger charge is -2.04. The second-order valence-corrected chi connectivity index (χ2v) is 6.17. The molecule has 1 aromatic heterocycles. The van der Waals surface area contributed by atoms with Crippen LogP contribution in [-0.2, 0) is 0 Å². The van der Waals surface area contributed by atoms with Crippen molar-refractivity contribution < 1.29 is 23.8 Å². The highest BCUT2D eigenvalue weighted by Crippen LogP contribution is 2.25. The zero-order valence-electron chi connectivity index (χ0n) is 13.9. The molecule has 0 fully saturated rings. The fraction of sp³-hybridized carbons (Fsp3) is 0.167. The Morgan fingerprint density at radius 3 is 2.42 bits per heavy atom. The highest BCUT2D eigenvalue weighted by Gasteiger charge is 2.09. The summed E-state index contributed by atoms with van der Waals surface area (Å²) in [6, 6.07) is 13.6. The maximum absolute atomic E-state index is 10.8. The minimum Gasteiger partial charge on any atom is -0.497 e. The van der Waals surface area contributed by atoms with Crippen LogP contribution in [0.25, 0.3) is 11.5 Å². The second-order valence-electron chi connectivity index (χ2n) is 5.13. The van der Waals surface area contributed by atoms with E-state index in [1.54, 1.807) is 19.2 Å². The van der Waals surface area contributed by atoms with Gasteiger partial charge in [0.15, 0.2) is 0 Å². The van der Waals surface area contributed by atoms with Gasteiger partial charge in [-0.15, -0.1) is 10.2 Å². The van der Waals surface area contributed by atoms with E-state index < -0.39 is 5.97 Å². The van der Waals surface area contributed by atoms with Crippen LogP contribution in [0.15, 0.2) is 58.2 Å². The Bertz CT molecular complexity index is 862. The Kier molecular flexibility index (Phi) is 5.75. The quantitative estimate of drug-likeness (QED) is 0.473. The number of carboxylic acids is 1. The Hall–Kier alpha value is -3.00. The molecule has 1 N–H and O–H groups in total. The van der Waals surface area contributed by atoms with Crippen molar-refractivity contribution in [2.75, 3.05) is 19.5 Å². The normalized spacial score (nSPS) is 10.5. The molecule has 0 atom stereocenters. The lowest BCUT2D eigenvalue weighted by Crippen LogP contribution is -2.01. The Labute approximate surface area is 154 Å². The first kappa shape index (κ1) is 17.8. The highest BCUT2D eigenvalue weighted by atomic mass is 32.2. The van der Waals surface area contributed by atoms with Crippen LogP contribution >= 0.6 is 11.8 Å². The lowest BCUT2D eigenvalue weighted by atomic mass is 10.2. The average molecular weight is 372 g/mol. The zero-order valence-corrected chi connectivity index (χ0v) is 14.7. The van der Waals surface area contributed by atoms with Gasteiger partial charge in [-0.25, -0.2) is 4.79 Å². The molecule has 0 saturated heterocycles. The number of ether oxygens (including phenoxy) is 2. The van der Waals surface area contributed by atoms with E-state index in [4.69, 9.17) is 19.0 Å². The minimum atomic E-state index is -0.962. The summed E-state index contributed by atoms with van der Waals surface area (Å²) in [5, 5.41) is 17.3. The van der Waals surface area contributed by atoms with Crippen molar-refractivity contribution in [2.45, 2.75) is 5.22 Å². The molecular formula is C18H16N2O5S. The summed E-state index contributed by atoms with van der Waals surface area (Å²) >= 11 is 1.39. The summed E-state index contributed by atoms with van der Waals surface area (Å²) in [5.41, 5.74) is 1.04. The van der Waals surface area contributed by atoms with Gasteiger partial charge in [0, 0.05) is 11.3 Å². The van der Waals surface area contributed by atoms with Gasteiger partial charge in [0.05, 0.1) is 19.3 Å². The van der Waals surface area contributed by atoms with Crippen LogP contribution in [0.3, 0.4) is 0 Å². The van der Waals surface area contributed by atoms with Crippen LogP contribution < -0.4 is 9.47 Å². The van der Waals surface area contributed by atoms with Gasteiger partial charge in [-0.1, -0.05) is 11.8 Å². The molecule has 2 aromatic carbocycles. The van der Waals surface area contributed by atoms with Crippen molar-refractivity contribution >= 4 is 17.7 Å². The highest BCUT2D eigenvalue weighted by molar-refractivity contribution is 7.99. The van der Waals surface area contributed by atoms with Crippen molar-refractivity contribution in [3.05, 3.63) is 54.1 Å². The molecule has 1 heterocycles. The zero-order chi connectivity index (χ0) is 18.4. The summed E-state index contributed by atoms with van der Waals surface area (Å²) in [4.78, 5) is 10.8. The first-order chi connectivity index (χ1) is 12.7. The smallest absolute Gasteiger partial charge is 0.335 e. The number of carbonyl (C=O) groups is 1. The molecule has 7 nitrogen and oxygen atoms in total. The van der Waals surface area contributed by atoms with E-state index in [1.807, 2.05) is 24.3 Å². The first-order valence-electron chi connectivity index (χ1n) is 7.72. The standard InChI is InChI=1S/C18H16N2O5S/c1-23-14-6-2-12(3-7-14)16-19-20-18(25-16)26-11-10-24-15-8-4-13(5-9-15)17(21)22/h2-9H,10-11H2,1H3,(H,21,22). The number of hydrogen-bond donors (Lipinski definition) is 1. The number of aromatic carboxylic acids is 1. The molecule has 3 aromatic rings. The molecule has 26 heavy (non-hydrogen) atoms. The molecule has 0 aliphatic rings. The summed E-state index contributed by atoms with van der Waals surface area (Å²) < 4.78 is 16.3. The van der Waals surface area contributed by atoms with Gasteiger partial charge in [-0.3, -0.25) is 0 Å². The molecular weight excluding hydrogens is 356 g/mol. The third kappa shape index (κ3) is 4.54. The number of aromatic nitrogens is 2. The molecule has 0 amide bonds. The number of nitrogens with zero attached hydrogens (tertiary/aromatic N) is 2. The number of thioether (sulfide) groups is 1. The van der Waals surface area contributed by atoms with Crippen LogP contribution in [0, 0.1) is 0 Å². The average Bonchev–Trinajstić information content (AvgIpc) is 3.14. The molecule has 0 aliphatic heterocycles. The molecule has 8 heteroatoms. The van der Waals surface area contributed by atoms with Crippen molar-refractivity contribution in [2.24, 2.45) is 0 Å². The Balaban J connectivity index is 1.48. The van der Waals surface area contributed by atoms with Gasteiger partial charge < -0.3 is 19.0 Å². The van der Waals surface area contributed by atoms with E-state index in [0.29, 0.717) is 29.2 Å². The van der Waals surface area contributed by atoms with Crippen molar-refractivity contribution in [1.29, 1.82) is 0 Å². The van der Waals surface area contributed by atoms with Crippen molar-refractivity contribution in [1.82, 2.24) is 10.2 Å². The van der Waals surface area contributed by atoms with E-state index in [2.05, 4.69) is 10.2 Å². The van der Waals surface area contributed by atoms with Gasteiger partial charge in [0.1, 0.15) is 11.5 Å². The lowest BCUT2D eigenvalue weighted by molar-refractivity contribution is 0.0697. The molecule has 0 aliphatic carbocycles. The summed E-state index contributed by atoms with van der Waals surface area (Å²) in [6.07, 6.45) is 0. The number of rotatable bonds is 8. The van der Waals surface area contributed by atoms with Gasteiger partial charge >= 0.3 is 5.97 Å². The van der Waals surface area contributed by atoms with Gasteiger partial charge in [0.2, 0.25) is 5.89 Å². The maximum Gasteiger partial charge on any atom is 0.335 e. The van der Waals surface area contributed by atoms with Crippen LogP contribution in [0.5, 0.6) is 11.5 Å². The number of benzene rings is 2. The van der Waals surface area contributed by atoms with Crippen molar-refractivity contribution in [3.8, 4) is 23.0 Å². The SMILES string of the molecule is COc1ccc(-c2nnc(SCCOc3ccc(C(=O)O)cc3)o2)cc1. The first-order valence-corrected chi connectivity index (χ1v) is 8.71. The van der Waals surface area contributed by atoms with Crippen LogP contribution in [0.2, 0.25) is 0 Å². The number of methoxy groups -OCH3 is 1. The van der Waals surface area contributed by atoms with Gasteiger partial charge in [-0.2, -0.15) is 0 Å². The number of carboxylic acid groups (broad SMARTS) is 1. The molecule has 0 unspecified atom stereocenters. The largest absolute Gasteiger partial charge is 0.497 e. The maximum atomic E-state index is 10.8. The van der Waals surface area contributed by atoms with E-state index in [-0.39, 0.29) is 5.56 Å². The topological polar surface area (TPSA) is 94.7 Å². The molecule has 3 rings (SSSR count). The fourth-order valence-electron chi connectivity index (χ4n) is 2.10. The van der Waals surface area contributed by atoms with E-state index >= 15 is 0 Å². The predicted octanol–water partition coefficient (Wildman–Crippen LogP) is 3.61. The van der Waals surface area contributed by atoms with E-state index in [0.717, 1.165) is 11.3 Å². The Morgan fingerprint density at radius 1 is 1.08 bits per heavy atom. The Morgan fingerprint density at radius 2 is 1.77 bits per heavy atom. The van der Waals surface area contributed by atoms with Gasteiger partial charge in [-0.05, 0) is 48.5 Å². The molecule has 0 radical (unpaired) electrons. The summed E-state index contributed by atoms with van der Waals surface area (Å²) in [6.45, 7) is 0.428. The molecule has 0 bridgehead atoms. The predicted molar refractivity (Wildman–Crippen MR) is 95.9 cm³/mol. The van der Waals surface area contributed by atoms with Crippen LogP contribution in [0.1, 0.15) is 10.4 Å². The molecule has 0 saturated carbocycles. The van der Waals surface area contributed by atoms with E-state index in [9.17, 15) is 4.79 Å². The monoisotopic (exact) mass is 372 g/mol. The van der Waals surface area contributed by atoms with Crippen LogP contribution in [-0.4, -0.2) is 40.7 Å². The number of hydrogen-bond acceptors (Lipinski definition) is 7. The molecule has 0 spiro atoms. The third-order valence-corrected chi connectivity index (χ3v) is 4.21. The summed E-state index contributed by atoms with van der Waals surface area (Å²) in [5.74, 6) is 1.47. The minimum absolute atomic E-state index is 0.226.